The van der Waals surface area contributed by atoms with Gasteiger partial charge >= 0.3 is 5.97 Å². The van der Waals surface area contributed by atoms with Crippen molar-refractivity contribution in [3.8, 4) is 0 Å². The van der Waals surface area contributed by atoms with Crippen molar-refractivity contribution in [3.05, 3.63) is 34.9 Å². The van der Waals surface area contributed by atoms with Crippen molar-refractivity contribution in [1.82, 2.24) is 4.90 Å². The van der Waals surface area contributed by atoms with E-state index in [0.717, 1.165) is 32.5 Å². The third-order valence-electron chi connectivity index (χ3n) is 4.02. The van der Waals surface area contributed by atoms with Gasteiger partial charge in [-0.05, 0) is 51.3 Å². The average Bonchev–Trinajstić information content (AvgIpc) is 2.43. The number of rotatable bonds is 4. The van der Waals surface area contributed by atoms with Crippen LogP contribution in [0.5, 0.6) is 0 Å². The maximum absolute atomic E-state index is 11.9. The third-order valence-corrected chi connectivity index (χ3v) is 4.02. The second-order valence-electron chi connectivity index (χ2n) is 5.76. The van der Waals surface area contributed by atoms with Crippen LogP contribution in [-0.2, 0) is 16.1 Å². The van der Waals surface area contributed by atoms with Crippen molar-refractivity contribution in [1.29, 1.82) is 0 Å². The highest BCUT2D eigenvalue weighted by atomic mass is 16.5. The van der Waals surface area contributed by atoms with Crippen molar-refractivity contribution >= 4 is 5.97 Å². The van der Waals surface area contributed by atoms with Gasteiger partial charge in [0.05, 0.1) is 12.5 Å². The zero-order valence-corrected chi connectivity index (χ0v) is 12.8. The van der Waals surface area contributed by atoms with E-state index in [9.17, 15) is 4.79 Å². The van der Waals surface area contributed by atoms with Crippen LogP contribution in [0.3, 0.4) is 0 Å². The van der Waals surface area contributed by atoms with Gasteiger partial charge in [0.1, 0.15) is 0 Å². The van der Waals surface area contributed by atoms with Crippen molar-refractivity contribution < 1.29 is 9.53 Å². The van der Waals surface area contributed by atoms with Gasteiger partial charge in [-0.2, -0.15) is 0 Å². The molecule has 0 aromatic heterocycles. The number of hydrogen-bond donors (Lipinski definition) is 0. The number of hydrogen-bond acceptors (Lipinski definition) is 3. The van der Waals surface area contributed by atoms with Gasteiger partial charge < -0.3 is 4.74 Å². The van der Waals surface area contributed by atoms with Crippen LogP contribution in [-0.4, -0.2) is 30.6 Å². The minimum absolute atomic E-state index is 0.0298. The first kappa shape index (κ1) is 15.0. The predicted octanol–water partition coefficient (Wildman–Crippen LogP) is 3.08. The molecule has 0 unspecified atom stereocenters. The number of nitrogens with zero attached hydrogens (tertiary/aromatic N) is 1. The van der Waals surface area contributed by atoms with Crippen LogP contribution in [0.4, 0.5) is 0 Å². The van der Waals surface area contributed by atoms with Gasteiger partial charge in [0.2, 0.25) is 0 Å². The van der Waals surface area contributed by atoms with Crippen molar-refractivity contribution in [2.24, 2.45) is 5.92 Å². The molecular weight excluding hydrogens is 250 g/mol. The summed E-state index contributed by atoms with van der Waals surface area (Å²) in [5.74, 6) is 0.0206. The molecule has 0 spiro atoms. The number of esters is 1. The summed E-state index contributed by atoms with van der Waals surface area (Å²) in [6.07, 6.45) is 2.04. The minimum Gasteiger partial charge on any atom is -0.466 e. The summed E-state index contributed by atoms with van der Waals surface area (Å²) < 4.78 is 5.15. The smallest absolute Gasteiger partial charge is 0.310 e. The first-order valence-electron chi connectivity index (χ1n) is 7.55. The molecule has 1 aromatic rings. The maximum Gasteiger partial charge on any atom is 0.310 e. The van der Waals surface area contributed by atoms with Gasteiger partial charge in [0.15, 0.2) is 0 Å². The largest absolute Gasteiger partial charge is 0.466 e. The summed E-state index contributed by atoms with van der Waals surface area (Å²) in [6, 6.07) is 6.59. The van der Waals surface area contributed by atoms with E-state index in [4.69, 9.17) is 4.74 Å². The highest BCUT2D eigenvalue weighted by molar-refractivity contribution is 5.72. The molecule has 3 heteroatoms. The van der Waals surface area contributed by atoms with E-state index in [2.05, 4.69) is 36.9 Å². The Hall–Kier alpha value is -1.35. The summed E-state index contributed by atoms with van der Waals surface area (Å²) in [7, 11) is 0. The first-order chi connectivity index (χ1) is 9.60. The summed E-state index contributed by atoms with van der Waals surface area (Å²) >= 11 is 0. The molecule has 1 heterocycles. The lowest BCUT2D eigenvalue weighted by Gasteiger charge is -2.31. The fraction of sp³-hybridized carbons (Fsp3) is 0.588. The van der Waals surface area contributed by atoms with Crippen LogP contribution in [0.25, 0.3) is 0 Å². The number of piperidine rings is 1. The zero-order valence-electron chi connectivity index (χ0n) is 12.8. The average molecular weight is 275 g/mol. The van der Waals surface area contributed by atoms with Crippen molar-refractivity contribution in [2.45, 2.75) is 40.2 Å². The quantitative estimate of drug-likeness (QED) is 0.791. The number of carbonyl (C=O) groups is 1. The van der Waals surface area contributed by atoms with Crippen LogP contribution >= 0.6 is 0 Å². The number of carbonyl (C=O) groups excluding carboxylic acids is 1. The third kappa shape index (κ3) is 3.83. The van der Waals surface area contributed by atoms with Crippen molar-refractivity contribution in [3.63, 3.8) is 0 Å². The topological polar surface area (TPSA) is 29.5 Å². The SMILES string of the molecule is CCOC(=O)[C@H]1CCCN(Cc2ccc(C)cc2C)C1. The fourth-order valence-corrected chi connectivity index (χ4v) is 2.92. The molecular formula is C17H25NO2. The highest BCUT2D eigenvalue weighted by Crippen LogP contribution is 2.21. The van der Waals surface area contributed by atoms with Crippen LogP contribution in [0, 0.1) is 19.8 Å². The molecule has 0 radical (unpaired) electrons. The summed E-state index contributed by atoms with van der Waals surface area (Å²) in [5, 5.41) is 0. The second kappa shape index (κ2) is 6.89. The van der Waals surface area contributed by atoms with Gasteiger partial charge in [-0.25, -0.2) is 0 Å². The Morgan fingerprint density at radius 2 is 2.20 bits per heavy atom. The van der Waals surface area contributed by atoms with Gasteiger partial charge in [-0.1, -0.05) is 23.8 Å². The van der Waals surface area contributed by atoms with Gasteiger partial charge in [-0.15, -0.1) is 0 Å². The summed E-state index contributed by atoms with van der Waals surface area (Å²) in [5.41, 5.74) is 4.00. The Labute approximate surface area is 121 Å². The second-order valence-corrected chi connectivity index (χ2v) is 5.76. The van der Waals surface area contributed by atoms with Gasteiger partial charge in [0, 0.05) is 13.1 Å². The van der Waals surface area contributed by atoms with Crippen LogP contribution < -0.4 is 0 Å². The highest BCUT2D eigenvalue weighted by Gasteiger charge is 2.26. The molecule has 3 nitrogen and oxygen atoms in total. The number of aryl methyl sites for hydroxylation is 2. The predicted molar refractivity (Wildman–Crippen MR) is 80.6 cm³/mol. The van der Waals surface area contributed by atoms with E-state index in [1.807, 2.05) is 6.92 Å². The molecule has 1 fully saturated rings. The van der Waals surface area contributed by atoms with Crippen LogP contribution in [0.2, 0.25) is 0 Å². The van der Waals surface area contributed by atoms with E-state index in [1.54, 1.807) is 0 Å². The Bertz CT molecular complexity index is 470. The molecule has 1 aliphatic heterocycles. The molecule has 2 rings (SSSR count). The molecule has 1 saturated heterocycles. The lowest BCUT2D eigenvalue weighted by Crippen LogP contribution is -2.39. The van der Waals surface area contributed by atoms with E-state index < -0.39 is 0 Å². The molecule has 0 amide bonds. The molecule has 0 saturated carbocycles. The van der Waals surface area contributed by atoms with Crippen molar-refractivity contribution in [2.75, 3.05) is 19.7 Å². The monoisotopic (exact) mass is 275 g/mol. The van der Waals surface area contributed by atoms with E-state index in [0.29, 0.717) is 6.61 Å². The molecule has 20 heavy (non-hydrogen) atoms. The molecule has 1 atom stereocenters. The minimum atomic E-state index is -0.0298. The lowest BCUT2D eigenvalue weighted by atomic mass is 9.97. The van der Waals surface area contributed by atoms with Gasteiger partial charge in [0.25, 0.3) is 0 Å². The number of benzene rings is 1. The standard InChI is InChI=1S/C17H25NO2/c1-4-20-17(19)16-6-5-9-18(12-16)11-15-8-7-13(2)10-14(15)3/h7-8,10,16H,4-6,9,11-12H2,1-3H3/t16-/m0/s1. The fourth-order valence-electron chi connectivity index (χ4n) is 2.92. The Morgan fingerprint density at radius 1 is 1.40 bits per heavy atom. The number of likely N-dealkylation sites (tertiary alicyclic amines) is 1. The normalized spacial score (nSPS) is 19.9. The molecule has 110 valence electrons. The zero-order chi connectivity index (χ0) is 14.5. The summed E-state index contributed by atoms with van der Waals surface area (Å²) in [4.78, 5) is 14.2. The van der Waals surface area contributed by atoms with E-state index in [1.165, 1.54) is 16.7 Å². The molecule has 0 N–H and O–H groups in total. The van der Waals surface area contributed by atoms with Crippen LogP contribution in [0.15, 0.2) is 18.2 Å². The first-order valence-corrected chi connectivity index (χ1v) is 7.55. The molecule has 1 aliphatic rings. The maximum atomic E-state index is 11.9. The molecule has 1 aromatic carbocycles. The summed E-state index contributed by atoms with van der Waals surface area (Å²) in [6.45, 7) is 9.46. The number of ether oxygens (including phenoxy) is 1. The van der Waals surface area contributed by atoms with Gasteiger partial charge in [-0.3, -0.25) is 9.69 Å². The van der Waals surface area contributed by atoms with E-state index >= 15 is 0 Å². The molecule has 0 aliphatic carbocycles. The molecule has 0 bridgehead atoms. The Kier molecular flexibility index (Phi) is 5.18. The Morgan fingerprint density at radius 3 is 2.90 bits per heavy atom. The van der Waals surface area contributed by atoms with Crippen LogP contribution in [0.1, 0.15) is 36.5 Å². The Balaban J connectivity index is 1.97. The van der Waals surface area contributed by atoms with E-state index in [-0.39, 0.29) is 11.9 Å². The lowest BCUT2D eigenvalue weighted by molar-refractivity contribution is -0.150.